The van der Waals surface area contributed by atoms with Gasteiger partial charge in [-0.3, -0.25) is 0 Å². The van der Waals surface area contributed by atoms with Gasteiger partial charge in [-0.05, 0) is 24.8 Å². The maximum atomic E-state index is 4.51. The van der Waals surface area contributed by atoms with Crippen LogP contribution in [-0.4, -0.2) is 4.98 Å². The predicted molar refractivity (Wildman–Crippen MR) is 78.1 cm³/mol. The molecule has 17 heavy (non-hydrogen) atoms. The molecule has 0 bridgehead atoms. The van der Waals surface area contributed by atoms with Crippen molar-refractivity contribution in [1.82, 2.24) is 4.98 Å². The van der Waals surface area contributed by atoms with E-state index in [9.17, 15) is 0 Å². The van der Waals surface area contributed by atoms with Gasteiger partial charge >= 0.3 is 0 Å². The minimum absolute atomic E-state index is 0.701. The van der Waals surface area contributed by atoms with Crippen LogP contribution in [0.3, 0.4) is 0 Å². The lowest BCUT2D eigenvalue weighted by molar-refractivity contribution is 0.647. The highest BCUT2D eigenvalue weighted by molar-refractivity contribution is 7.83. The van der Waals surface area contributed by atoms with E-state index in [0.29, 0.717) is 5.92 Å². The summed E-state index contributed by atoms with van der Waals surface area (Å²) in [7, 11) is 0. The van der Waals surface area contributed by atoms with Gasteiger partial charge in [-0.15, -0.1) is 24.0 Å². The predicted octanol–water partition coefficient (Wildman–Crippen LogP) is 4.61. The number of hydrogen-bond donors (Lipinski definition) is 1. The summed E-state index contributed by atoms with van der Waals surface area (Å²) < 4.78 is 1.01. The van der Waals surface area contributed by atoms with E-state index in [1.54, 1.807) is 11.3 Å². The summed E-state index contributed by atoms with van der Waals surface area (Å²) >= 11 is 6.03. The number of aryl methyl sites for hydroxylation is 1. The van der Waals surface area contributed by atoms with Crippen molar-refractivity contribution < 1.29 is 0 Å². The molecule has 1 aromatic carbocycles. The van der Waals surface area contributed by atoms with E-state index >= 15 is 0 Å². The Morgan fingerprint density at radius 1 is 1.24 bits per heavy atom. The molecule has 0 saturated heterocycles. The standard InChI is InChI=1S/C14H17NS2/c1-9(2)8-11-4-6-12(7-5-11)13-15-10(3)14(16)17-13/h4-7,9,16H,8H2,1-3H3. The van der Waals surface area contributed by atoms with Gasteiger partial charge in [0.1, 0.15) is 5.01 Å². The maximum absolute atomic E-state index is 4.51. The average Bonchev–Trinajstić information content (AvgIpc) is 2.59. The van der Waals surface area contributed by atoms with Gasteiger partial charge in [0.2, 0.25) is 0 Å². The molecule has 90 valence electrons. The molecule has 0 N–H and O–H groups in total. The second kappa shape index (κ2) is 5.23. The molecule has 1 aromatic heterocycles. The van der Waals surface area contributed by atoms with Crippen LogP contribution in [-0.2, 0) is 6.42 Å². The van der Waals surface area contributed by atoms with Crippen LogP contribution in [0.2, 0.25) is 0 Å². The topological polar surface area (TPSA) is 12.9 Å². The van der Waals surface area contributed by atoms with Crippen LogP contribution in [0.15, 0.2) is 28.5 Å². The van der Waals surface area contributed by atoms with E-state index in [1.807, 2.05) is 6.92 Å². The third-order valence-electron chi connectivity index (χ3n) is 2.62. The number of nitrogens with zero attached hydrogens (tertiary/aromatic N) is 1. The van der Waals surface area contributed by atoms with Gasteiger partial charge in [-0.1, -0.05) is 38.1 Å². The average molecular weight is 263 g/mol. The fourth-order valence-corrected chi connectivity index (χ4v) is 2.89. The third kappa shape index (κ3) is 3.11. The molecule has 0 amide bonds. The van der Waals surface area contributed by atoms with Crippen LogP contribution in [0.4, 0.5) is 0 Å². The Morgan fingerprint density at radius 3 is 2.35 bits per heavy atom. The smallest absolute Gasteiger partial charge is 0.124 e. The fraction of sp³-hybridized carbons (Fsp3) is 0.357. The van der Waals surface area contributed by atoms with Gasteiger partial charge < -0.3 is 0 Å². The molecule has 0 atom stereocenters. The summed E-state index contributed by atoms with van der Waals surface area (Å²) in [6.07, 6.45) is 1.13. The molecule has 3 heteroatoms. The number of hydrogen-bond acceptors (Lipinski definition) is 3. The number of rotatable bonds is 3. The number of thiol groups is 1. The molecular weight excluding hydrogens is 246 g/mol. The first-order valence-electron chi connectivity index (χ1n) is 5.82. The molecule has 2 aromatic rings. The lowest BCUT2D eigenvalue weighted by Gasteiger charge is -2.05. The third-order valence-corrected chi connectivity index (χ3v) is 4.22. The van der Waals surface area contributed by atoms with Crippen LogP contribution < -0.4 is 0 Å². The molecule has 2 rings (SSSR count). The Hall–Kier alpha value is -0.800. The quantitative estimate of drug-likeness (QED) is 0.798. The van der Waals surface area contributed by atoms with Gasteiger partial charge in [0.05, 0.1) is 9.90 Å². The van der Waals surface area contributed by atoms with Crippen LogP contribution in [0.5, 0.6) is 0 Å². The first-order chi connectivity index (χ1) is 8.06. The molecule has 0 radical (unpaired) electrons. The molecular formula is C14H17NS2. The Labute approximate surface area is 112 Å². The van der Waals surface area contributed by atoms with E-state index in [1.165, 1.54) is 11.1 Å². The normalized spacial score (nSPS) is 11.1. The molecule has 0 aliphatic carbocycles. The zero-order valence-electron chi connectivity index (χ0n) is 10.4. The van der Waals surface area contributed by atoms with E-state index < -0.39 is 0 Å². The summed E-state index contributed by atoms with van der Waals surface area (Å²) in [4.78, 5) is 4.51. The lowest BCUT2D eigenvalue weighted by Crippen LogP contribution is -1.93. The van der Waals surface area contributed by atoms with Gasteiger partial charge in [-0.25, -0.2) is 4.98 Å². The minimum Gasteiger partial charge on any atom is -0.240 e. The highest BCUT2D eigenvalue weighted by atomic mass is 32.2. The van der Waals surface area contributed by atoms with Crippen molar-refractivity contribution in [3.05, 3.63) is 35.5 Å². The van der Waals surface area contributed by atoms with Crippen molar-refractivity contribution in [2.24, 2.45) is 5.92 Å². The largest absolute Gasteiger partial charge is 0.240 e. The zero-order chi connectivity index (χ0) is 12.4. The highest BCUT2D eigenvalue weighted by Crippen LogP contribution is 2.30. The Kier molecular flexibility index (Phi) is 3.89. The monoisotopic (exact) mass is 263 g/mol. The fourth-order valence-electron chi connectivity index (χ4n) is 1.77. The highest BCUT2D eigenvalue weighted by Gasteiger charge is 2.06. The van der Waals surface area contributed by atoms with Crippen LogP contribution in [0.1, 0.15) is 25.1 Å². The molecule has 0 aliphatic rings. The Bertz CT molecular complexity index is 478. The van der Waals surface area contributed by atoms with E-state index in [-0.39, 0.29) is 0 Å². The molecule has 1 nitrogen and oxygen atoms in total. The zero-order valence-corrected chi connectivity index (χ0v) is 12.1. The summed E-state index contributed by atoms with van der Waals surface area (Å²) in [5.74, 6) is 0.701. The first-order valence-corrected chi connectivity index (χ1v) is 7.08. The second-order valence-electron chi connectivity index (χ2n) is 4.70. The second-order valence-corrected chi connectivity index (χ2v) is 6.45. The number of benzene rings is 1. The van der Waals surface area contributed by atoms with E-state index in [0.717, 1.165) is 21.3 Å². The maximum Gasteiger partial charge on any atom is 0.124 e. The number of aromatic nitrogens is 1. The van der Waals surface area contributed by atoms with Crippen LogP contribution >= 0.6 is 24.0 Å². The van der Waals surface area contributed by atoms with E-state index in [4.69, 9.17) is 0 Å². The van der Waals surface area contributed by atoms with Crippen molar-refractivity contribution in [1.29, 1.82) is 0 Å². The summed E-state index contributed by atoms with van der Waals surface area (Å²) in [5, 5.41) is 1.06. The van der Waals surface area contributed by atoms with Gasteiger partial charge in [0.25, 0.3) is 0 Å². The van der Waals surface area contributed by atoms with E-state index in [2.05, 4.69) is 55.7 Å². The van der Waals surface area contributed by atoms with Gasteiger partial charge in [0.15, 0.2) is 0 Å². The summed E-state index contributed by atoms with van der Waals surface area (Å²) in [6.45, 7) is 6.48. The molecule has 0 saturated carbocycles. The molecule has 1 heterocycles. The lowest BCUT2D eigenvalue weighted by atomic mass is 10.0. The summed E-state index contributed by atoms with van der Waals surface area (Å²) in [5.41, 5.74) is 3.59. The number of thiazole rings is 1. The SMILES string of the molecule is Cc1nc(-c2ccc(CC(C)C)cc2)sc1S. The van der Waals surface area contributed by atoms with Crippen molar-refractivity contribution in [3.8, 4) is 10.6 Å². The molecule has 0 fully saturated rings. The van der Waals surface area contributed by atoms with Crippen LogP contribution in [0, 0.1) is 12.8 Å². The van der Waals surface area contributed by atoms with Crippen molar-refractivity contribution >= 4 is 24.0 Å². The van der Waals surface area contributed by atoms with Crippen molar-refractivity contribution in [2.75, 3.05) is 0 Å². The minimum atomic E-state index is 0.701. The van der Waals surface area contributed by atoms with Crippen LogP contribution in [0.25, 0.3) is 10.6 Å². The van der Waals surface area contributed by atoms with Crippen molar-refractivity contribution in [3.63, 3.8) is 0 Å². The van der Waals surface area contributed by atoms with Gasteiger partial charge in [-0.2, -0.15) is 0 Å². The molecule has 0 spiro atoms. The molecule has 0 aliphatic heterocycles. The van der Waals surface area contributed by atoms with Crippen molar-refractivity contribution in [2.45, 2.75) is 31.4 Å². The Balaban J connectivity index is 2.23. The molecule has 0 unspecified atom stereocenters. The Morgan fingerprint density at radius 2 is 1.88 bits per heavy atom. The summed E-state index contributed by atoms with van der Waals surface area (Å²) in [6, 6.07) is 8.71. The van der Waals surface area contributed by atoms with Gasteiger partial charge in [0, 0.05) is 5.56 Å². The first kappa shape index (κ1) is 12.7.